The fourth-order valence-electron chi connectivity index (χ4n) is 4.00. The molecule has 146 valence electrons. The van der Waals surface area contributed by atoms with E-state index in [0.29, 0.717) is 6.54 Å². The maximum Gasteiger partial charge on any atom is 0.223 e. The molecule has 1 aliphatic carbocycles. The van der Waals surface area contributed by atoms with E-state index in [1.54, 1.807) is 0 Å². The number of rotatable bonds is 5. The average Bonchev–Trinajstić information content (AvgIpc) is 2.94. The molecule has 0 aromatic heterocycles. The van der Waals surface area contributed by atoms with Crippen molar-refractivity contribution in [2.45, 2.75) is 31.9 Å². The minimum atomic E-state index is -0.0102. The van der Waals surface area contributed by atoms with Crippen molar-refractivity contribution in [3.05, 3.63) is 77.9 Å². The summed E-state index contributed by atoms with van der Waals surface area (Å²) in [7, 11) is 0. The van der Waals surface area contributed by atoms with Crippen molar-refractivity contribution in [2.24, 2.45) is 5.92 Å². The summed E-state index contributed by atoms with van der Waals surface area (Å²) in [5.74, 6) is 1.28. The molecule has 2 aromatic carbocycles. The van der Waals surface area contributed by atoms with Crippen molar-refractivity contribution < 1.29 is 9.53 Å². The Hall–Kier alpha value is -2.59. The Morgan fingerprint density at radius 2 is 1.89 bits per heavy atom. The first-order valence-electron chi connectivity index (χ1n) is 10.2. The van der Waals surface area contributed by atoms with Crippen molar-refractivity contribution in [2.75, 3.05) is 19.6 Å². The Balaban J connectivity index is 1.41. The molecule has 28 heavy (non-hydrogen) atoms. The zero-order chi connectivity index (χ0) is 19.2. The lowest BCUT2D eigenvalue weighted by Crippen LogP contribution is -2.39. The summed E-state index contributed by atoms with van der Waals surface area (Å²) in [6, 6.07) is 18.6. The second-order valence-corrected chi connectivity index (χ2v) is 7.63. The molecule has 2 aromatic rings. The van der Waals surface area contributed by atoms with E-state index in [0.717, 1.165) is 44.6 Å². The minimum absolute atomic E-state index is 0.0102. The highest BCUT2D eigenvalue weighted by Crippen LogP contribution is 2.30. The van der Waals surface area contributed by atoms with Gasteiger partial charge in [0.2, 0.25) is 5.91 Å². The summed E-state index contributed by atoms with van der Waals surface area (Å²) in [5.41, 5.74) is 2.38. The molecule has 0 radical (unpaired) electrons. The zero-order valence-corrected chi connectivity index (χ0v) is 16.2. The van der Waals surface area contributed by atoms with Crippen molar-refractivity contribution in [3.63, 3.8) is 0 Å². The Bertz CT molecular complexity index is 818. The van der Waals surface area contributed by atoms with Crippen LogP contribution in [0.4, 0.5) is 0 Å². The lowest BCUT2D eigenvalue weighted by atomic mass is 9.94. The third-order valence-corrected chi connectivity index (χ3v) is 5.60. The molecule has 4 nitrogen and oxygen atoms in total. The van der Waals surface area contributed by atoms with E-state index < -0.39 is 0 Å². The number of carbonyl (C=O) groups is 1. The van der Waals surface area contributed by atoms with Gasteiger partial charge >= 0.3 is 0 Å². The van der Waals surface area contributed by atoms with Gasteiger partial charge < -0.3 is 10.1 Å². The molecule has 4 rings (SSSR count). The highest BCUT2D eigenvalue weighted by atomic mass is 16.5. The van der Waals surface area contributed by atoms with E-state index in [1.165, 1.54) is 11.1 Å². The third-order valence-electron chi connectivity index (χ3n) is 5.60. The maximum absolute atomic E-state index is 12.4. The predicted molar refractivity (Wildman–Crippen MR) is 111 cm³/mol. The van der Waals surface area contributed by atoms with Gasteiger partial charge in [-0.15, -0.1) is 0 Å². The van der Waals surface area contributed by atoms with E-state index in [2.05, 4.69) is 58.8 Å². The molecule has 2 atom stereocenters. The van der Waals surface area contributed by atoms with Gasteiger partial charge in [0.25, 0.3) is 0 Å². The van der Waals surface area contributed by atoms with Gasteiger partial charge in [0.05, 0.1) is 0 Å². The van der Waals surface area contributed by atoms with Gasteiger partial charge in [0.15, 0.2) is 0 Å². The first kappa shape index (κ1) is 18.8. The number of nitrogens with one attached hydrogen (secondary N) is 1. The minimum Gasteiger partial charge on any atom is -0.484 e. The van der Waals surface area contributed by atoms with Gasteiger partial charge in [-0.2, -0.15) is 0 Å². The quantitative estimate of drug-likeness (QED) is 0.799. The molecule has 1 aliphatic heterocycles. The topological polar surface area (TPSA) is 41.6 Å². The molecular formula is C24H28N2O2. The van der Waals surface area contributed by atoms with Crippen LogP contribution in [0.3, 0.4) is 0 Å². The van der Waals surface area contributed by atoms with E-state index in [4.69, 9.17) is 4.74 Å². The summed E-state index contributed by atoms with van der Waals surface area (Å²) in [5, 5.41) is 3.14. The van der Waals surface area contributed by atoms with E-state index in [-0.39, 0.29) is 17.9 Å². The SMILES string of the molecule is O=C(NCCN1Cc2ccccc2OC(c2ccccc2)C1)C1CC=CCC1. The standard InChI is InChI=1S/C24H28N2O2/c27-24(20-11-5-2-6-12-20)25-15-16-26-17-21-13-7-8-14-22(21)28-23(18-26)19-9-3-1-4-10-19/h1-5,7-10,13-14,20,23H,6,11-12,15-18H2,(H,25,27). The number of para-hydroxylation sites is 1. The largest absolute Gasteiger partial charge is 0.484 e. The normalized spacial score (nSPS) is 22.0. The summed E-state index contributed by atoms with van der Waals surface area (Å²) in [6.07, 6.45) is 7.13. The predicted octanol–water partition coefficient (Wildman–Crippen LogP) is 4.09. The number of ether oxygens (including phenoxy) is 1. The van der Waals surface area contributed by atoms with E-state index in [9.17, 15) is 4.79 Å². The molecule has 1 N–H and O–H groups in total. The van der Waals surface area contributed by atoms with Crippen molar-refractivity contribution in [1.29, 1.82) is 0 Å². The fourth-order valence-corrected chi connectivity index (χ4v) is 4.00. The number of benzene rings is 2. The number of hydrogen-bond acceptors (Lipinski definition) is 3. The van der Waals surface area contributed by atoms with Crippen LogP contribution in [-0.4, -0.2) is 30.4 Å². The van der Waals surface area contributed by atoms with Crippen LogP contribution in [0.1, 0.15) is 36.5 Å². The second kappa shape index (κ2) is 9.07. The lowest BCUT2D eigenvalue weighted by molar-refractivity contribution is -0.125. The number of nitrogens with zero attached hydrogens (tertiary/aromatic N) is 1. The monoisotopic (exact) mass is 376 g/mol. The van der Waals surface area contributed by atoms with Gasteiger partial charge in [0.1, 0.15) is 11.9 Å². The van der Waals surface area contributed by atoms with Crippen molar-refractivity contribution in [1.82, 2.24) is 10.2 Å². The lowest BCUT2D eigenvalue weighted by Gasteiger charge is -2.25. The molecule has 2 unspecified atom stereocenters. The van der Waals surface area contributed by atoms with Crippen molar-refractivity contribution >= 4 is 5.91 Å². The number of hydrogen-bond donors (Lipinski definition) is 1. The highest BCUT2D eigenvalue weighted by Gasteiger charge is 2.24. The second-order valence-electron chi connectivity index (χ2n) is 7.63. The summed E-state index contributed by atoms with van der Waals surface area (Å²) >= 11 is 0. The van der Waals surface area contributed by atoms with Gasteiger partial charge in [-0.1, -0.05) is 60.7 Å². The van der Waals surface area contributed by atoms with Crippen LogP contribution in [0.15, 0.2) is 66.7 Å². The Morgan fingerprint density at radius 3 is 2.71 bits per heavy atom. The maximum atomic E-state index is 12.4. The molecule has 0 bridgehead atoms. The number of carbonyl (C=O) groups excluding carboxylic acids is 1. The average molecular weight is 377 g/mol. The van der Waals surface area contributed by atoms with Crippen LogP contribution in [0.25, 0.3) is 0 Å². The number of amides is 1. The Labute approximate surface area is 167 Å². The fraction of sp³-hybridized carbons (Fsp3) is 0.375. The van der Waals surface area contributed by atoms with Crippen LogP contribution in [-0.2, 0) is 11.3 Å². The zero-order valence-electron chi connectivity index (χ0n) is 16.2. The van der Waals surface area contributed by atoms with Gasteiger partial charge in [-0.25, -0.2) is 0 Å². The molecule has 0 spiro atoms. The third kappa shape index (κ3) is 4.63. The summed E-state index contributed by atoms with van der Waals surface area (Å²) in [6.45, 7) is 3.13. The van der Waals surface area contributed by atoms with E-state index in [1.807, 2.05) is 18.2 Å². The van der Waals surface area contributed by atoms with E-state index >= 15 is 0 Å². The van der Waals surface area contributed by atoms with Gasteiger partial charge in [-0.3, -0.25) is 9.69 Å². The van der Waals surface area contributed by atoms with Gasteiger partial charge in [0, 0.05) is 37.7 Å². The van der Waals surface area contributed by atoms with Crippen LogP contribution in [0.2, 0.25) is 0 Å². The molecule has 4 heteroatoms. The van der Waals surface area contributed by atoms with Crippen LogP contribution in [0.5, 0.6) is 5.75 Å². The number of allylic oxidation sites excluding steroid dienone is 2. The number of fused-ring (bicyclic) bond motifs is 1. The Morgan fingerprint density at radius 1 is 1.07 bits per heavy atom. The molecule has 2 aliphatic rings. The smallest absolute Gasteiger partial charge is 0.223 e. The molecule has 1 amide bonds. The molecule has 1 heterocycles. The molecule has 0 saturated heterocycles. The molecule has 0 fully saturated rings. The van der Waals surface area contributed by atoms with Crippen LogP contribution in [0, 0.1) is 5.92 Å². The van der Waals surface area contributed by atoms with Crippen LogP contribution < -0.4 is 10.1 Å². The first-order chi connectivity index (χ1) is 13.8. The van der Waals surface area contributed by atoms with Gasteiger partial charge in [-0.05, 0) is 30.9 Å². The first-order valence-corrected chi connectivity index (χ1v) is 10.2. The highest BCUT2D eigenvalue weighted by molar-refractivity contribution is 5.78. The Kier molecular flexibility index (Phi) is 6.07. The summed E-state index contributed by atoms with van der Waals surface area (Å²) < 4.78 is 6.36. The van der Waals surface area contributed by atoms with Crippen molar-refractivity contribution in [3.8, 4) is 5.75 Å². The molecular weight excluding hydrogens is 348 g/mol. The van der Waals surface area contributed by atoms with Crippen LogP contribution >= 0.6 is 0 Å². The molecule has 0 saturated carbocycles. The summed E-state index contributed by atoms with van der Waals surface area (Å²) in [4.78, 5) is 14.8.